The maximum Gasteiger partial charge on any atom is 0.272 e. The van der Waals surface area contributed by atoms with Crippen molar-refractivity contribution in [1.29, 1.82) is 0 Å². The lowest BCUT2D eigenvalue weighted by Gasteiger charge is -2.18. The third kappa shape index (κ3) is 4.18. The van der Waals surface area contributed by atoms with Crippen LogP contribution in [0.15, 0.2) is 30.3 Å². The fourth-order valence-electron chi connectivity index (χ4n) is 2.24. The van der Waals surface area contributed by atoms with Gasteiger partial charge < -0.3 is 15.0 Å². The topological polar surface area (TPSA) is 67.4 Å². The van der Waals surface area contributed by atoms with Gasteiger partial charge in [-0.25, -0.2) is 9.97 Å². The zero-order valence-electron chi connectivity index (χ0n) is 14.0. The van der Waals surface area contributed by atoms with Crippen LogP contribution in [0, 0.1) is 6.92 Å². The van der Waals surface area contributed by atoms with Crippen LogP contribution in [0.3, 0.4) is 0 Å². The Hall–Kier alpha value is -2.63. The molecule has 1 N–H and O–H groups in total. The molecule has 1 amide bonds. The molecule has 1 aromatic heterocycles. The third-order valence-electron chi connectivity index (χ3n) is 3.45. The van der Waals surface area contributed by atoms with Crippen molar-refractivity contribution in [3.05, 3.63) is 41.7 Å². The van der Waals surface area contributed by atoms with Crippen LogP contribution < -0.4 is 10.1 Å². The number of ether oxygens (including phenoxy) is 1. The lowest BCUT2D eigenvalue weighted by atomic mass is 10.3. The molecule has 2 rings (SSSR count). The third-order valence-corrected chi connectivity index (χ3v) is 3.45. The normalized spacial score (nSPS) is 10.3. The van der Waals surface area contributed by atoms with Gasteiger partial charge in [-0.05, 0) is 39.0 Å². The summed E-state index contributed by atoms with van der Waals surface area (Å²) in [5, 5.41) is 3.12. The highest BCUT2D eigenvalue weighted by atomic mass is 16.5. The van der Waals surface area contributed by atoms with E-state index in [9.17, 15) is 4.79 Å². The number of amides is 1. The Morgan fingerprint density at radius 1 is 1.22 bits per heavy atom. The molecular weight excluding hydrogens is 292 g/mol. The molecule has 0 radical (unpaired) electrons. The highest BCUT2D eigenvalue weighted by Crippen LogP contribution is 2.20. The lowest BCUT2D eigenvalue weighted by Crippen LogP contribution is -2.31. The van der Waals surface area contributed by atoms with Crippen molar-refractivity contribution in [3.8, 4) is 5.75 Å². The molecule has 0 unspecified atom stereocenters. The molecule has 6 heteroatoms. The maximum absolute atomic E-state index is 12.5. The molecule has 0 aliphatic rings. The number of anilines is 2. The van der Waals surface area contributed by atoms with Gasteiger partial charge in [0, 0.05) is 30.5 Å². The Balaban J connectivity index is 2.28. The molecule has 0 aliphatic carbocycles. The Morgan fingerprint density at radius 2 is 1.96 bits per heavy atom. The summed E-state index contributed by atoms with van der Waals surface area (Å²) in [4.78, 5) is 22.9. The fraction of sp³-hybridized carbons (Fsp3) is 0.353. The van der Waals surface area contributed by atoms with E-state index in [4.69, 9.17) is 4.74 Å². The molecule has 0 bridgehead atoms. The fourth-order valence-corrected chi connectivity index (χ4v) is 2.24. The first-order chi connectivity index (χ1) is 11.1. The Morgan fingerprint density at radius 3 is 2.61 bits per heavy atom. The number of carbonyl (C=O) groups excluding carboxylic acids is 1. The molecule has 0 aliphatic heterocycles. The highest BCUT2D eigenvalue weighted by molar-refractivity contribution is 5.92. The summed E-state index contributed by atoms with van der Waals surface area (Å²) in [6.07, 6.45) is 0. The van der Waals surface area contributed by atoms with Gasteiger partial charge in [-0.3, -0.25) is 4.79 Å². The average molecular weight is 314 g/mol. The predicted molar refractivity (Wildman–Crippen MR) is 90.3 cm³/mol. The van der Waals surface area contributed by atoms with Gasteiger partial charge in [-0.15, -0.1) is 0 Å². The number of carbonyl (C=O) groups is 1. The van der Waals surface area contributed by atoms with E-state index in [-0.39, 0.29) is 5.91 Å². The summed E-state index contributed by atoms with van der Waals surface area (Å²) in [5.74, 6) is 1.05. The lowest BCUT2D eigenvalue weighted by molar-refractivity contribution is 0.0767. The van der Waals surface area contributed by atoms with Crippen molar-refractivity contribution in [2.75, 3.05) is 25.5 Å². The minimum Gasteiger partial charge on any atom is -0.497 e. The second kappa shape index (κ2) is 7.58. The summed E-state index contributed by atoms with van der Waals surface area (Å²) in [6, 6.07) is 9.17. The number of nitrogens with one attached hydrogen (secondary N) is 1. The van der Waals surface area contributed by atoms with Gasteiger partial charge in [0.05, 0.1) is 7.11 Å². The molecule has 1 aromatic carbocycles. The Labute approximate surface area is 136 Å². The van der Waals surface area contributed by atoms with Gasteiger partial charge in [0.25, 0.3) is 5.91 Å². The van der Waals surface area contributed by atoms with Crippen molar-refractivity contribution in [3.63, 3.8) is 0 Å². The van der Waals surface area contributed by atoms with E-state index >= 15 is 0 Å². The van der Waals surface area contributed by atoms with Crippen molar-refractivity contribution >= 4 is 17.5 Å². The SMILES string of the molecule is CCN(CC)C(=O)c1cc(C)nc(Nc2cccc(OC)c2)n1. The van der Waals surface area contributed by atoms with E-state index in [0.717, 1.165) is 17.1 Å². The summed E-state index contributed by atoms with van der Waals surface area (Å²) >= 11 is 0. The molecule has 122 valence electrons. The summed E-state index contributed by atoms with van der Waals surface area (Å²) in [6.45, 7) is 7.04. The number of nitrogens with zero attached hydrogens (tertiary/aromatic N) is 3. The van der Waals surface area contributed by atoms with Crippen molar-refractivity contribution in [2.45, 2.75) is 20.8 Å². The number of aryl methyl sites for hydroxylation is 1. The first kappa shape index (κ1) is 16.7. The van der Waals surface area contributed by atoms with Crippen LogP contribution in [0.4, 0.5) is 11.6 Å². The van der Waals surface area contributed by atoms with Gasteiger partial charge in [0.15, 0.2) is 0 Å². The van der Waals surface area contributed by atoms with Gasteiger partial charge in [0.1, 0.15) is 11.4 Å². The van der Waals surface area contributed by atoms with Crippen molar-refractivity contribution < 1.29 is 9.53 Å². The van der Waals surface area contributed by atoms with Crippen LogP contribution in [0.1, 0.15) is 30.0 Å². The van der Waals surface area contributed by atoms with Crippen LogP contribution in [0.5, 0.6) is 5.75 Å². The van der Waals surface area contributed by atoms with E-state index < -0.39 is 0 Å². The van der Waals surface area contributed by atoms with Crippen molar-refractivity contribution in [1.82, 2.24) is 14.9 Å². The van der Waals surface area contributed by atoms with E-state index in [1.54, 1.807) is 18.1 Å². The number of methoxy groups -OCH3 is 1. The number of hydrogen-bond donors (Lipinski definition) is 1. The Kier molecular flexibility index (Phi) is 5.51. The van der Waals surface area contributed by atoms with Gasteiger partial charge in [0.2, 0.25) is 5.95 Å². The number of benzene rings is 1. The first-order valence-electron chi connectivity index (χ1n) is 7.63. The smallest absolute Gasteiger partial charge is 0.272 e. The molecule has 6 nitrogen and oxygen atoms in total. The molecule has 2 aromatic rings. The van der Waals surface area contributed by atoms with E-state index in [1.807, 2.05) is 45.0 Å². The van der Waals surface area contributed by atoms with Crippen LogP contribution in [-0.2, 0) is 0 Å². The second-order valence-corrected chi connectivity index (χ2v) is 5.05. The monoisotopic (exact) mass is 314 g/mol. The van der Waals surface area contributed by atoms with Gasteiger partial charge in [-0.2, -0.15) is 0 Å². The van der Waals surface area contributed by atoms with E-state index in [0.29, 0.717) is 24.7 Å². The summed E-state index contributed by atoms with van der Waals surface area (Å²) in [7, 11) is 1.61. The number of rotatable bonds is 6. The summed E-state index contributed by atoms with van der Waals surface area (Å²) in [5.41, 5.74) is 1.93. The number of aromatic nitrogens is 2. The minimum atomic E-state index is -0.0887. The first-order valence-corrected chi connectivity index (χ1v) is 7.63. The predicted octanol–water partition coefficient (Wildman–Crippen LogP) is 3.02. The standard InChI is InChI=1S/C17H22N4O2/c1-5-21(6-2)16(22)15-10-12(3)18-17(20-15)19-13-8-7-9-14(11-13)23-4/h7-11H,5-6H2,1-4H3,(H,18,19,20). The van der Waals surface area contributed by atoms with Crippen LogP contribution in [0.2, 0.25) is 0 Å². The van der Waals surface area contributed by atoms with Crippen LogP contribution in [0.25, 0.3) is 0 Å². The quantitative estimate of drug-likeness (QED) is 0.887. The van der Waals surface area contributed by atoms with Crippen LogP contribution >= 0.6 is 0 Å². The molecule has 0 saturated carbocycles. The zero-order chi connectivity index (χ0) is 16.8. The maximum atomic E-state index is 12.5. The minimum absolute atomic E-state index is 0.0887. The molecular formula is C17H22N4O2. The second-order valence-electron chi connectivity index (χ2n) is 5.05. The molecule has 1 heterocycles. The molecule has 0 atom stereocenters. The van der Waals surface area contributed by atoms with Gasteiger partial charge >= 0.3 is 0 Å². The molecule has 0 fully saturated rings. The number of hydrogen-bond acceptors (Lipinski definition) is 5. The van der Waals surface area contributed by atoms with Crippen molar-refractivity contribution in [2.24, 2.45) is 0 Å². The molecule has 0 spiro atoms. The highest BCUT2D eigenvalue weighted by Gasteiger charge is 2.16. The average Bonchev–Trinajstić information content (AvgIpc) is 2.55. The van der Waals surface area contributed by atoms with E-state index in [1.165, 1.54) is 0 Å². The van der Waals surface area contributed by atoms with Crippen LogP contribution in [-0.4, -0.2) is 41.0 Å². The zero-order valence-corrected chi connectivity index (χ0v) is 14.0. The molecule has 23 heavy (non-hydrogen) atoms. The summed E-state index contributed by atoms with van der Waals surface area (Å²) < 4.78 is 5.20. The Bertz CT molecular complexity index is 684. The van der Waals surface area contributed by atoms with E-state index in [2.05, 4.69) is 15.3 Å². The largest absolute Gasteiger partial charge is 0.497 e. The van der Waals surface area contributed by atoms with Gasteiger partial charge in [-0.1, -0.05) is 6.07 Å². The molecule has 0 saturated heterocycles.